The maximum absolute atomic E-state index is 10.6. The van der Waals surface area contributed by atoms with Crippen LogP contribution in [0.15, 0.2) is 0 Å². The second-order valence-corrected chi connectivity index (χ2v) is 16.8. The van der Waals surface area contributed by atoms with Gasteiger partial charge in [-0.3, -0.25) is 0 Å². The van der Waals surface area contributed by atoms with Gasteiger partial charge in [-0.1, -0.05) is 54.9 Å². The first-order valence-electron chi connectivity index (χ1n) is 16.3. The van der Waals surface area contributed by atoms with Crippen LogP contribution in [0.2, 0.25) is 0 Å². The van der Waals surface area contributed by atoms with Crippen molar-refractivity contribution in [1.82, 2.24) is 0 Å². The zero-order valence-electron chi connectivity index (χ0n) is 25.7. The quantitative estimate of drug-likeness (QED) is 0.311. The summed E-state index contributed by atoms with van der Waals surface area (Å²) in [6.07, 6.45) is 12.0. The van der Waals surface area contributed by atoms with E-state index < -0.39 is 24.9 Å². The van der Waals surface area contributed by atoms with Crippen molar-refractivity contribution in [2.45, 2.75) is 144 Å². The summed E-state index contributed by atoms with van der Waals surface area (Å²) in [6, 6.07) is 0. The van der Waals surface area contributed by atoms with E-state index in [2.05, 4.69) is 48.5 Å². The van der Waals surface area contributed by atoms with Crippen molar-refractivity contribution < 1.29 is 20.4 Å². The highest BCUT2D eigenvalue weighted by Gasteiger charge is 2.70. The van der Waals surface area contributed by atoms with Gasteiger partial charge in [0.2, 0.25) is 0 Å². The molecule has 0 saturated heterocycles. The summed E-state index contributed by atoms with van der Waals surface area (Å²) in [6.45, 7) is 17.7. The summed E-state index contributed by atoms with van der Waals surface area (Å²) in [7, 11) is 0. The second kappa shape index (κ2) is 9.70. The summed E-state index contributed by atoms with van der Waals surface area (Å²) in [4.78, 5) is 0. The van der Waals surface area contributed by atoms with E-state index in [1.54, 1.807) is 0 Å². The van der Waals surface area contributed by atoms with Crippen LogP contribution < -0.4 is 0 Å². The predicted molar refractivity (Wildman–Crippen MR) is 153 cm³/mol. The van der Waals surface area contributed by atoms with Crippen molar-refractivity contribution >= 4 is 0 Å². The third kappa shape index (κ3) is 4.03. The van der Waals surface area contributed by atoms with Gasteiger partial charge in [0.25, 0.3) is 0 Å². The Morgan fingerprint density at radius 3 is 1.89 bits per heavy atom. The van der Waals surface area contributed by atoms with Crippen LogP contribution in [0.25, 0.3) is 0 Å². The highest BCUT2D eigenvalue weighted by Crippen LogP contribution is 2.78. The third-order valence-electron chi connectivity index (χ3n) is 15.1. The molecule has 3 unspecified atom stereocenters. The minimum atomic E-state index is -1.28. The molecule has 38 heavy (non-hydrogen) atoms. The van der Waals surface area contributed by atoms with Gasteiger partial charge >= 0.3 is 0 Å². The summed E-state index contributed by atoms with van der Waals surface area (Å²) >= 11 is 0. The molecule has 5 rings (SSSR count). The van der Waals surface area contributed by atoms with Gasteiger partial charge in [0.05, 0.1) is 12.7 Å². The fraction of sp³-hybridized carbons (Fsp3) is 1.00. The largest absolute Gasteiger partial charge is 0.394 e. The molecule has 220 valence electrons. The number of fused-ring (bicyclic) bond motifs is 7. The van der Waals surface area contributed by atoms with Gasteiger partial charge in [-0.25, -0.2) is 0 Å². The lowest BCUT2D eigenvalue weighted by Crippen LogP contribution is -2.65. The van der Waals surface area contributed by atoms with Gasteiger partial charge in [0.15, 0.2) is 0 Å². The molecule has 13 atom stereocenters. The molecule has 0 heterocycles. The molecular weight excluding hydrogens is 472 g/mol. The molecule has 4 heteroatoms. The highest BCUT2D eigenvalue weighted by atomic mass is 16.4. The van der Waals surface area contributed by atoms with Crippen LogP contribution >= 0.6 is 0 Å². The standard InChI is InChI=1S/C34H60O4/c1-21(19-24(36)29(38)25(37)20-35)22-11-16-31(4)23(22)12-17-33(6)27(31)9-10-28-32(5)15-8-14-30(2,3)26(32)13-18-34(28,33)7/h21-29,35-38H,8-20H2,1-7H3/t21-,22+,23-,24?,25?,26-,27+,28+,29?,31-,32-,33+,34+/m0/s1. The van der Waals surface area contributed by atoms with E-state index >= 15 is 0 Å². The van der Waals surface area contributed by atoms with Gasteiger partial charge in [-0.2, -0.15) is 0 Å². The van der Waals surface area contributed by atoms with Crippen LogP contribution in [0.1, 0.15) is 126 Å². The van der Waals surface area contributed by atoms with Gasteiger partial charge in [-0.05, 0) is 133 Å². The number of hydrogen-bond donors (Lipinski definition) is 4. The molecule has 4 nitrogen and oxygen atoms in total. The molecule has 0 aromatic heterocycles. The summed E-state index contributed by atoms with van der Waals surface area (Å²) in [5, 5.41) is 39.9. The first-order valence-corrected chi connectivity index (χ1v) is 16.3. The Morgan fingerprint density at radius 2 is 1.26 bits per heavy atom. The minimum Gasteiger partial charge on any atom is -0.394 e. The van der Waals surface area contributed by atoms with E-state index in [0.29, 0.717) is 51.2 Å². The van der Waals surface area contributed by atoms with Gasteiger partial charge in [0, 0.05) is 0 Å². The van der Waals surface area contributed by atoms with E-state index in [0.717, 1.165) is 17.8 Å². The molecule has 0 spiro atoms. The van der Waals surface area contributed by atoms with Gasteiger partial charge in [0.1, 0.15) is 12.2 Å². The third-order valence-corrected chi connectivity index (χ3v) is 15.1. The van der Waals surface area contributed by atoms with E-state index in [1.165, 1.54) is 70.6 Å². The van der Waals surface area contributed by atoms with Crippen LogP contribution in [-0.4, -0.2) is 45.3 Å². The molecule has 0 aromatic carbocycles. The van der Waals surface area contributed by atoms with E-state index in [1.807, 2.05) is 0 Å². The molecule has 0 aromatic rings. The van der Waals surface area contributed by atoms with E-state index in [-0.39, 0.29) is 0 Å². The Morgan fingerprint density at radius 1 is 0.658 bits per heavy atom. The Hall–Kier alpha value is -0.160. The first-order chi connectivity index (χ1) is 17.7. The number of aliphatic hydroxyl groups excluding tert-OH is 4. The molecule has 4 N–H and O–H groups in total. The SMILES string of the molecule is C[C@@H](CC(O)C(O)C(O)CO)[C@H]1CC[C@]2(C)[C@H]3CC[C@@H]4[C@@]5(C)CCCC(C)(C)[C@@H]5CC[C@@]4(C)[C@]3(C)CC[C@@H]12. The minimum absolute atomic E-state index is 0.299. The zero-order chi connectivity index (χ0) is 27.9. The lowest BCUT2D eigenvalue weighted by atomic mass is 9.32. The molecular formula is C34H60O4. The van der Waals surface area contributed by atoms with Gasteiger partial charge < -0.3 is 20.4 Å². The lowest BCUT2D eigenvalue weighted by Gasteiger charge is -2.73. The Kier molecular flexibility index (Phi) is 7.49. The van der Waals surface area contributed by atoms with Crippen LogP contribution in [0.5, 0.6) is 0 Å². The normalized spacial score (nSPS) is 51.1. The average molecular weight is 533 g/mol. The van der Waals surface area contributed by atoms with Gasteiger partial charge in [-0.15, -0.1) is 0 Å². The van der Waals surface area contributed by atoms with Crippen molar-refractivity contribution in [2.75, 3.05) is 6.61 Å². The Balaban J connectivity index is 1.37. The lowest BCUT2D eigenvalue weighted by molar-refractivity contribution is -0.241. The summed E-state index contributed by atoms with van der Waals surface area (Å²) in [5.41, 5.74) is 2.15. The smallest absolute Gasteiger partial charge is 0.108 e. The number of hydrogen-bond acceptors (Lipinski definition) is 4. The molecule has 0 amide bonds. The number of rotatable bonds is 6. The summed E-state index contributed by atoms with van der Waals surface area (Å²) < 4.78 is 0. The fourth-order valence-corrected chi connectivity index (χ4v) is 13.1. The fourth-order valence-electron chi connectivity index (χ4n) is 13.1. The monoisotopic (exact) mass is 532 g/mol. The molecule has 0 radical (unpaired) electrons. The molecule has 5 saturated carbocycles. The molecule has 5 aliphatic carbocycles. The molecule has 0 bridgehead atoms. The van der Waals surface area contributed by atoms with Crippen LogP contribution in [0.3, 0.4) is 0 Å². The zero-order valence-corrected chi connectivity index (χ0v) is 25.7. The molecule has 5 fully saturated rings. The van der Waals surface area contributed by atoms with Crippen molar-refractivity contribution in [3.8, 4) is 0 Å². The molecule has 5 aliphatic rings. The van der Waals surface area contributed by atoms with Crippen molar-refractivity contribution in [3.05, 3.63) is 0 Å². The highest BCUT2D eigenvalue weighted by molar-refractivity contribution is 5.19. The van der Waals surface area contributed by atoms with E-state index in [9.17, 15) is 20.4 Å². The van der Waals surface area contributed by atoms with E-state index in [4.69, 9.17) is 0 Å². The van der Waals surface area contributed by atoms with Crippen LogP contribution in [0.4, 0.5) is 0 Å². The first kappa shape index (κ1) is 29.3. The Bertz CT molecular complexity index is 873. The summed E-state index contributed by atoms with van der Waals surface area (Å²) in [5.74, 6) is 4.04. The van der Waals surface area contributed by atoms with Crippen molar-refractivity contribution in [3.63, 3.8) is 0 Å². The topological polar surface area (TPSA) is 80.9 Å². The van der Waals surface area contributed by atoms with Crippen LogP contribution in [-0.2, 0) is 0 Å². The maximum Gasteiger partial charge on any atom is 0.108 e. The molecule has 0 aliphatic heterocycles. The van der Waals surface area contributed by atoms with Crippen molar-refractivity contribution in [1.29, 1.82) is 0 Å². The second-order valence-electron chi connectivity index (χ2n) is 16.8. The Labute approximate surface area is 233 Å². The van der Waals surface area contributed by atoms with Crippen LogP contribution in [0, 0.1) is 62.6 Å². The predicted octanol–water partition coefficient (Wildman–Crippen LogP) is 6.58. The average Bonchev–Trinajstić information content (AvgIpc) is 3.20. The maximum atomic E-state index is 10.6. The van der Waals surface area contributed by atoms with Crippen molar-refractivity contribution in [2.24, 2.45) is 62.6 Å². The number of aliphatic hydroxyl groups is 4.